The molecule has 1 saturated heterocycles. The van der Waals surface area contributed by atoms with E-state index in [4.69, 9.17) is 33.5 Å². The molecule has 1 fully saturated rings. The Morgan fingerprint density at radius 1 is 0.871 bits per heavy atom. The van der Waals surface area contributed by atoms with Crippen LogP contribution in [0.3, 0.4) is 0 Å². The number of aliphatic hydroxyl groups excluding tert-OH is 1. The van der Waals surface area contributed by atoms with Crippen LogP contribution < -0.4 is 4.74 Å². The Hall–Kier alpha value is -3.18. The van der Waals surface area contributed by atoms with Crippen molar-refractivity contribution in [3.63, 3.8) is 0 Å². The molecule has 0 aliphatic carbocycles. The van der Waals surface area contributed by atoms with Crippen LogP contribution in [0.5, 0.6) is 5.75 Å². The largest absolute Gasteiger partial charge is 0.467 e. The van der Waals surface area contributed by atoms with Gasteiger partial charge in [-0.25, -0.2) is 4.79 Å². The molecule has 1 aromatic rings. The second-order valence-electron chi connectivity index (χ2n) is 6.59. The Bertz CT molecular complexity index is 804. The van der Waals surface area contributed by atoms with E-state index in [1.807, 2.05) is 0 Å². The van der Waals surface area contributed by atoms with E-state index in [-0.39, 0.29) is 12.4 Å². The summed E-state index contributed by atoms with van der Waals surface area (Å²) < 4.78 is 31.8. The third-order valence-corrected chi connectivity index (χ3v) is 4.19. The Labute approximate surface area is 178 Å². The van der Waals surface area contributed by atoms with E-state index in [0.29, 0.717) is 5.56 Å². The highest BCUT2D eigenvalue weighted by atomic mass is 16.7. The number of hydrogen-bond acceptors (Lipinski definition) is 11. The minimum absolute atomic E-state index is 0.181. The second-order valence-corrected chi connectivity index (χ2v) is 6.59. The molecule has 5 atom stereocenters. The SMILES string of the molecule is COC(=O)[C@H]1O[C@H](Oc2ccc(CO)cc2)[C@H](OC(C)=O)[C@@H](OC(C)=O)[C@@H]1OC(C)=O. The van der Waals surface area contributed by atoms with E-state index in [1.165, 1.54) is 12.1 Å². The lowest BCUT2D eigenvalue weighted by molar-refractivity contribution is -0.282. The number of methoxy groups -OCH3 is 1. The number of hydrogen-bond donors (Lipinski definition) is 1. The van der Waals surface area contributed by atoms with Crippen molar-refractivity contribution in [1.82, 2.24) is 0 Å². The van der Waals surface area contributed by atoms with E-state index in [9.17, 15) is 19.2 Å². The molecule has 11 heteroatoms. The van der Waals surface area contributed by atoms with Gasteiger partial charge in [-0.05, 0) is 17.7 Å². The van der Waals surface area contributed by atoms with Gasteiger partial charge < -0.3 is 33.5 Å². The number of carbonyl (C=O) groups excluding carboxylic acids is 4. The summed E-state index contributed by atoms with van der Waals surface area (Å²) in [7, 11) is 1.10. The van der Waals surface area contributed by atoms with E-state index >= 15 is 0 Å². The lowest BCUT2D eigenvalue weighted by Gasteiger charge is -2.43. The quantitative estimate of drug-likeness (QED) is 0.460. The number of benzene rings is 1. The Kier molecular flexibility index (Phi) is 8.34. The summed E-state index contributed by atoms with van der Waals surface area (Å²) in [6.07, 6.45) is -7.24. The maximum absolute atomic E-state index is 12.3. The summed E-state index contributed by atoms with van der Waals surface area (Å²) in [5, 5.41) is 9.17. The first-order valence-corrected chi connectivity index (χ1v) is 9.27. The third kappa shape index (κ3) is 6.40. The number of aliphatic hydroxyl groups is 1. The molecular weight excluding hydrogens is 416 g/mol. The van der Waals surface area contributed by atoms with Gasteiger partial charge in [-0.15, -0.1) is 0 Å². The first-order valence-electron chi connectivity index (χ1n) is 9.27. The van der Waals surface area contributed by atoms with Crippen molar-refractivity contribution in [1.29, 1.82) is 0 Å². The molecule has 0 unspecified atom stereocenters. The molecule has 0 radical (unpaired) electrons. The van der Waals surface area contributed by atoms with Crippen LogP contribution in [-0.2, 0) is 49.5 Å². The average Bonchev–Trinajstić information content (AvgIpc) is 2.71. The van der Waals surface area contributed by atoms with Gasteiger partial charge in [0.05, 0.1) is 13.7 Å². The van der Waals surface area contributed by atoms with E-state index in [0.717, 1.165) is 27.9 Å². The number of ether oxygens (including phenoxy) is 6. The zero-order valence-corrected chi connectivity index (χ0v) is 17.4. The van der Waals surface area contributed by atoms with Crippen molar-refractivity contribution in [2.75, 3.05) is 7.11 Å². The molecule has 0 amide bonds. The predicted molar refractivity (Wildman–Crippen MR) is 100 cm³/mol. The average molecular weight is 440 g/mol. The lowest BCUT2D eigenvalue weighted by atomic mass is 9.97. The van der Waals surface area contributed by atoms with Crippen LogP contribution >= 0.6 is 0 Å². The topological polar surface area (TPSA) is 144 Å². The Morgan fingerprint density at radius 3 is 1.87 bits per heavy atom. The van der Waals surface area contributed by atoms with Crippen LogP contribution in [0.15, 0.2) is 24.3 Å². The van der Waals surface area contributed by atoms with Crippen molar-refractivity contribution in [2.45, 2.75) is 58.1 Å². The summed E-state index contributed by atoms with van der Waals surface area (Å²) in [5.41, 5.74) is 0.619. The van der Waals surface area contributed by atoms with Crippen molar-refractivity contribution in [3.05, 3.63) is 29.8 Å². The van der Waals surface area contributed by atoms with Gasteiger partial charge in [0.15, 0.2) is 18.3 Å². The maximum atomic E-state index is 12.3. The molecule has 1 aliphatic rings. The third-order valence-electron chi connectivity index (χ3n) is 4.19. The molecule has 1 aliphatic heterocycles. The van der Waals surface area contributed by atoms with Crippen molar-refractivity contribution < 1.29 is 52.7 Å². The molecule has 31 heavy (non-hydrogen) atoms. The molecular formula is C20H24O11. The summed E-state index contributed by atoms with van der Waals surface area (Å²) in [4.78, 5) is 47.4. The van der Waals surface area contributed by atoms with Crippen LogP contribution in [-0.4, -0.2) is 66.8 Å². The summed E-state index contributed by atoms with van der Waals surface area (Å²) in [5.74, 6) is -3.01. The van der Waals surface area contributed by atoms with Crippen LogP contribution in [0.4, 0.5) is 0 Å². The van der Waals surface area contributed by atoms with Gasteiger partial charge in [0.25, 0.3) is 0 Å². The van der Waals surface area contributed by atoms with Crippen LogP contribution in [0.1, 0.15) is 26.3 Å². The fraction of sp³-hybridized carbons (Fsp3) is 0.500. The van der Waals surface area contributed by atoms with Crippen molar-refractivity contribution in [2.24, 2.45) is 0 Å². The molecule has 0 spiro atoms. The second kappa shape index (κ2) is 10.7. The standard InChI is InChI=1S/C20H24O11/c1-10(22)27-15-16(28-11(2)23)18(29-12(3)24)20(31-17(15)19(25)26-4)30-14-7-5-13(9-21)6-8-14/h5-8,15-18,20-21H,9H2,1-4H3/t15-,16-,17-,18+,20-/m0/s1. The molecule has 2 rings (SSSR count). The number of carbonyl (C=O) groups is 4. The molecule has 11 nitrogen and oxygen atoms in total. The van der Waals surface area contributed by atoms with Gasteiger partial charge in [-0.2, -0.15) is 0 Å². The van der Waals surface area contributed by atoms with Gasteiger partial charge in [0.1, 0.15) is 5.75 Å². The molecule has 170 valence electrons. The van der Waals surface area contributed by atoms with Crippen LogP contribution in [0, 0.1) is 0 Å². The number of esters is 4. The summed E-state index contributed by atoms with van der Waals surface area (Å²) in [6, 6.07) is 6.21. The normalized spacial score (nSPS) is 25.1. The van der Waals surface area contributed by atoms with Crippen molar-refractivity contribution >= 4 is 23.9 Å². The van der Waals surface area contributed by atoms with Crippen molar-refractivity contribution in [3.8, 4) is 5.75 Å². The fourth-order valence-corrected chi connectivity index (χ4v) is 2.98. The van der Waals surface area contributed by atoms with Gasteiger partial charge >= 0.3 is 23.9 Å². The predicted octanol–water partition coefficient (Wildman–Crippen LogP) is 0.251. The highest BCUT2D eigenvalue weighted by Crippen LogP contribution is 2.31. The fourth-order valence-electron chi connectivity index (χ4n) is 2.98. The minimum Gasteiger partial charge on any atom is -0.467 e. The molecule has 0 bridgehead atoms. The smallest absolute Gasteiger partial charge is 0.339 e. The lowest BCUT2D eigenvalue weighted by Crippen LogP contribution is -2.64. The van der Waals surface area contributed by atoms with Gasteiger partial charge in [-0.1, -0.05) is 12.1 Å². The zero-order valence-electron chi connectivity index (χ0n) is 17.4. The minimum atomic E-state index is -1.54. The Morgan fingerprint density at radius 2 is 1.39 bits per heavy atom. The van der Waals surface area contributed by atoms with Gasteiger partial charge in [0, 0.05) is 20.8 Å². The van der Waals surface area contributed by atoms with Crippen LogP contribution in [0.25, 0.3) is 0 Å². The monoisotopic (exact) mass is 440 g/mol. The number of rotatable bonds is 7. The molecule has 1 aromatic carbocycles. The highest BCUT2D eigenvalue weighted by molar-refractivity contribution is 5.77. The summed E-state index contributed by atoms with van der Waals surface area (Å²) >= 11 is 0. The van der Waals surface area contributed by atoms with E-state index in [1.54, 1.807) is 12.1 Å². The van der Waals surface area contributed by atoms with Gasteiger partial charge in [-0.3, -0.25) is 14.4 Å². The van der Waals surface area contributed by atoms with Gasteiger partial charge in [0.2, 0.25) is 12.4 Å². The molecule has 1 heterocycles. The Balaban J connectivity index is 2.46. The first kappa shape index (κ1) is 24.1. The van der Waals surface area contributed by atoms with Crippen LogP contribution in [0.2, 0.25) is 0 Å². The summed E-state index contributed by atoms with van der Waals surface area (Å²) in [6.45, 7) is 3.12. The van der Waals surface area contributed by atoms with E-state index < -0.39 is 54.6 Å². The first-order chi connectivity index (χ1) is 14.7. The maximum Gasteiger partial charge on any atom is 0.339 e. The molecule has 1 N–H and O–H groups in total. The highest BCUT2D eigenvalue weighted by Gasteiger charge is 2.55. The zero-order chi connectivity index (χ0) is 23.1. The molecule has 0 saturated carbocycles. The van der Waals surface area contributed by atoms with E-state index in [2.05, 4.69) is 0 Å². The molecule has 0 aromatic heterocycles.